The maximum atomic E-state index is 13.1. The third-order valence-corrected chi connectivity index (χ3v) is 4.86. The third kappa shape index (κ3) is 3.83. The lowest BCUT2D eigenvalue weighted by molar-refractivity contribution is 0.0712. The average Bonchev–Trinajstić information content (AvgIpc) is 3.18. The molecule has 6 nitrogen and oxygen atoms in total. The van der Waals surface area contributed by atoms with Gasteiger partial charge in [0.1, 0.15) is 11.6 Å². The Kier molecular flexibility index (Phi) is 4.97. The molecule has 3 aromatic rings. The highest BCUT2D eigenvalue weighted by atomic mass is 19.1. The number of carbonyl (C=O) groups is 1. The molecule has 144 valence electrons. The van der Waals surface area contributed by atoms with Gasteiger partial charge in [0, 0.05) is 44.1 Å². The lowest BCUT2D eigenvalue weighted by atomic mass is 10.2. The number of benzene rings is 1. The van der Waals surface area contributed by atoms with E-state index >= 15 is 0 Å². The van der Waals surface area contributed by atoms with E-state index in [-0.39, 0.29) is 29.6 Å². The van der Waals surface area contributed by atoms with Crippen molar-refractivity contribution in [2.45, 2.75) is 6.54 Å². The van der Waals surface area contributed by atoms with Crippen LogP contribution in [-0.4, -0.2) is 41.6 Å². The molecule has 1 aliphatic heterocycles. The van der Waals surface area contributed by atoms with Gasteiger partial charge in [0.25, 0.3) is 11.5 Å². The Morgan fingerprint density at radius 1 is 0.964 bits per heavy atom. The van der Waals surface area contributed by atoms with Gasteiger partial charge in [-0.1, -0.05) is 6.07 Å². The molecule has 1 amide bonds. The predicted octanol–water partition coefficient (Wildman–Crippen LogP) is 2.59. The highest BCUT2D eigenvalue weighted by Crippen LogP contribution is 2.19. The molecule has 0 saturated carbocycles. The van der Waals surface area contributed by atoms with Crippen LogP contribution in [-0.2, 0) is 6.54 Å². The predicted molar refractivity (Wildman–Crippen MR) is 103 cm³/mol. The van der Waals surface area contributed by atoms with E-state index in [1.54, 1.807) is 47.5 Å². The van der Waals surface area contributed by atoms with Gasteiger partial charge in [-0.3, -0.25) is 9.59 Å². The number of anilines is 1. The summed E-state index contributed by atoms with van der Waals surface area (Å²) in [4.78, 5) is 28.4. The van der Waals surface area contributed by atoms with Gasteiger partial charge in [0.2, 0.25) is 0 Å². The van der Waals surface area contributed by atoms with Crippen LogP contribution in [0.4, 0.5) is 10.1 Å². The van der Waals surface area contributed by atoms with Gasteiger partial charge in [-0.05, 0) is 42.5 Å². The van der Waals surface area contributed by atoms with E-state index in [1.807, 2.05) is 0 Å². The molecule has 7 heteroatoms. The lowest BCUT2D eigenvalue weighted by Gasteiger charge is -2.35. The summed E-state index contributed by atoms with van der Waals surface area (Å²) in [6.45, 7) is 2.74. The summed E-state index contributed by atoms with van der Waals surface area (Å²) < 4.78 is 20.3. The fraction of sp³-hybridized carbons (Fsp3) is 0.238. The van der Waals surface area contributed by atoms with Crippen molar-refractivity contribution in [2.75, 3.05) is 31.1 Å². The molecule has 0 aliphatic carbocycles. The molecule has 0 unspecified atom stereocenters. The SMILES string of the molecule is O=C(c1ccc(Cn2ccccc2=O)o1)N1CCN(c2ccc(F)cc2)CC1. The fourth-order valence-corrected chi connectivity index (χ4v) is 3.31. The molecule has 1 aliphatic rings. The normalized spacial score (nSPS) is 14.3. The van der Waals surface area contributed by atoms with Crippen molar-refractivity contribution in [3.8, 4) is 0 Å². The Morgan fingerprint density at radius 2 is 1.71 bits per heavy atom. The second-order valence-corrected chi connectivity index (χ2v) is 6.69. The zero-order valence-corrected chi connectivity index (χ0v) is 15.3. The number of furan rings is 1. The van der Waals surface area contributed by atoms with E-state index in [0.29, 0.717) is 31.9 Å². The molecule has 1 aromatic carbocycles. The Balaban J connectivity index is 1.38. The van der Waals surface area contributed by atoms with Crippen LogP contribution < -0.4 is 10.5 Å². The van der Waals surface area contributed by atoms with Gasteiger partial charge in [0.05, 0.1) is 6.54 Å². The number of nitrogens with zero attached hydrogens (tertiary/aromatic N) is 3. The maximum Gasteiger partial charge on any atom is 0.289 e. The molecular formula is C21H20FN3O3. The number of hydrogen-bond donors (Lipinski definition) is 0. The van der Waals surface area contributed by atoms with Crippen molar-refractivity contribution in [1.82, 2.24) is 9.47 Å². The third-order valence-electron chi connectivity index (χ3n) is 4.86. The molecule has 28 heavy (non-hydrogen) atoms. The maximum absolute atomic E-state index is 13.1. The smallest absolute Gasteiger partial charge is 0.289 e. The van der Waals surface area contributed by atoms with Gasteiger partial charge in [-0.25, -0.2) is 4.39 Å². The Hall–Kier alpha value is -3.35. The van der Waals surface area contributed by atoms with Crippen LogP contribution in [0.25, 0.3) is 0 Å². The number of halogens is 1. The van der Waals surface area contributed by atoms with E-state index in [1.165, 1.54) is 22.8 Å². The van der Waals surface area contributed by atoms with Gasteiger partial charge >= 0.3 is 0 Å². The molecule has 3 heterocycles. The molecule has 1 fully saturated rings. The van der Waals surface area contributed by atoms with Crippen LogP contribution >= 0.6 is 0 Å². The van der Waals surface area contributed by atoms with Crippen LogP contribution in [0.2, 0.25) is 0 Å². The van der Waals surface area contributed by atoms with E-state index in [4.69, 9.17) is 4.42 Å². The van der Waals surface area contributed by atoms with Crippen LogP contribution in [0.3, 0.4) is 0 Å². The first-order chi connectivity index (χ1) is 13.6. The number of pyridine rings is 1. The quantitative estimate of drug-likeness (QED) is 0.697. The number of amides is 1. The van der Waals surface area contributed by atoms with Gasteiger partial charge < -0.3 is 18.8 Å². The fourth-order valence-electron chi connectivity index (χ4n) is 3.31. The van der Waals surface area contributed by atoms with Crippen molar-refractivity contribution in [2.24, 2.45) is 0 Å². The first kappa shape index (κ1) is 18.0. The summed E-state index contributed by atoms with van der Waals surface area (Å²) in [5.41, 5.74) is 0.825. The first-order valence-corrected chi connectivity index (χ1v) is 9.14. The summed E-state index contributed by atoms with van der Waals surface area (Å²) in [7, 11) is 0. The number of hydrogen-bond acceptors (Lipinski definition) is 4. The van der Waals surface area contributed by atoms with Crippen LogP contribution in [0.15, 0.2) is 70.0 Å². The molecule has 1 saturated heterocycles. The average molecular weight is 381 g/mol. The molecule has 0 bridgehead atoms. The van der Waals surface area contributed by atoms with Crippen molar-refractivity contribution in [1.29, 1.82) is 0 Å². The van der Waals surface area contributed by atoms with E-state index in [9.17, 15) is 14.0 Å². The lowest BCUT2D eigenvalue weighted by Crippen LogP contribution is -2.48. The second kappa shape index (κ2) is 7.72. The molecule has 0 radical (unpaired) electrons. The van der Waals surface area contributed by atoms with Crippen molar-refractivity contribution in [3.05, 3.63) is 88.5 Å². The van der Waals surface area contributed by atoms with E-state index in [0.717, 1.165) is 5.69 Å². The minimum Gasteiger partial charge on any atom is -0.454 e. The number of piperazine rings is 1. The van der Waals surface area contributed by atoms with Gasteiger partial charge in [-0.2, -0.15) is 0 Å². The topological polar surface area (TPSA) is 58.7 Å². The van der Waals surface area contributed by atoms with Gasteiger partial charge in [0.15, 0.2) is 5.76 Å². The largest absolute Gasteiger partial charge is 0.454 e. The zero-order valence-electron chi connectivity index (χ0n) is 15.3. The molecule has 4 rings (SSSR count). The Bertz CT molecular complexity index is 1020. The summed E-state index contributed by atoms with van der Waals surface area (Å²) in [5.74, 6) is 0.408. The van der Waals surface area contributed by atoms with E-state index in [2.05, 4.69) is 4.90 Å². The molecular weight excluding hydrogens is 361 g/mol. The second-order valence-electron chi connectivity index (χ2n) is 6.69. The molecule has 0 N–H and O–H groups in total. The Labute approximate surface area is 161 Å². The van der Waals surface area contributed by atoms with Crippen molar-refractivity contribution in [3.63, 3.8) is 0 Å². The zero-order chi connectivity index (χ0) is 19.5. The summed E-state index contributed by atoms with van der Waals surface area (Å²) in [6, 6.07) is 14.7. The highest BCUT2D eigenvalue weighted by Gasteiger charge is 2.24. The van der Waals surface area contributed by atoms with Crippen LogP contribution in [0.5, 0.6) is 0 Å². The van der Waals surface area contributed by atoms with E-state index < -0.39 is 0 Å². The van der Waals surface area contributed by atoms with Crippen LogP contribution in [0, 0.1) is 5.82 Å². The first-order valence-electron chi connectivity index (χ1n) is 9.14. The van der Waals surface area contributed by atoms with Crippen LogP contribution in [0.1, 0.15) is 16.3 Å². The van der Waals surface area contributed by atoms with Crippen molar-refractivity contribution >= 4 is 11.6 Å². The number of carbonyl (C=O) groups excluding carboxylic acids is 1. The summed E-state index contributed by atoms with van der Waals surface area (Å²) in [6.07, 6.45) is 1.68. The monoisotopic (exact) mass is 381 g/mol. The molecule has 0 spiro atoms. The summed E-state index contributed by atoms with van der Waals surface area (Å²) >= 11 is 0. The highest BCUT2D eigenvalue weighted by molar-refractivity contribution is 5.91. The minimum atomic E-state index is -0.260. The Morgan fingerprint density at radius 3 is 2.43 bits per heavy atom. The molecule has 2 aromatic heterocycles. The number of aromatic nitrogens is 1. The van der Waals surface area contributed by atoms with Crippen molar-refractivity contribution < 1.29 is 13.6 Å². The minimum absolute atomic E-state index is 0.122. The summed E-state index contributed by atoms with van der Waals surface area (Å²) in [5, 5.41) is 0. The number of rotatable bonds is 4. The molecule has 0 atom stereocenters. The standard InChI is InChI=1S/C21H20FN3O3/c22-16-4-6-17(7-5-16)23-11-13-24(14-12-23)21(27)19-9-8-18(28-19)15-25-10-2-1-3-20(25)26/h1-10H,11-15H2. The van der Waals surface area contributed by atoms with Gasteiger partial charge in [-0.15, -0.1) is 0 Å².